The molecule has 0 aromatic carbocycles. The van der Waals surface area contributed by atoms with Gasteiger partial charge in [-0.1, -0.05) is 0 Å². The van der Waals surface area contributed by atoms with Gasteiger partial charge in [0.25, 0.3) is 0 Å². The summed E-state index contributed by atoms with van der Waals surface area (Å²) in [6.45, 7) is -0.923. The van der Waals surface area contributed by atoms with Crippen LogP contribution >= 0.6 is 28.1 Å². The van der Waals surface area contributed by atoms with Gasteiger partial charge in [0, 0.05) is 18.1 Å². The number of hydrogen-bond donors (Lipinski definition) is 5. The molecule has 0 spiro atoms. The summed E-state index contributed by atoms with van der Waals surface area (Å²) >= 11 is 0. The fourth-order valence-corrected chi connectivity index (χ4v) is 3.56. The average Bonchev–Trinajstić information content (AvgIpc) is 2.71. The summed E-state index contributed by atoms with van der Waals surface area (Å²) in [5.74, 6) is -0.954. The van der Waals surface area contributed by atoms with Gasteiger partial charge in [-0.05, 0) is 0 Å². The molecule has 0 saturated carbocycles. The summed E-state index contributed by atoms with van der Waals surface area (Å²) < 4.78 is 35.4. The largest absolute Gasteiger partial charge is 1.00 e. The van der Waals surface area contributed by atoms with Crippen molar-refractivity contribution in [3.63, 3.8) is 0 Å². The van der Waals surface area contributed by atoms with Crippen LogP contribution in [-0.4, -0.2) is 59.4 Å². The van der Waals surface area contributed by atoms with Crippen molar-refractivity contribution in [2.24, 2.45) is 0 Å². The zero-order valence-electron chi connectivity index (χ0n) is 13.1. The Balaban J connectivity index is 0.00000338. The van der Waals surface area contributed by atoms with Gasteiger partial charge >= 0.3 is 49.0 Å². The molecular formula is C9H13ClHgN2O12P2. The van der Waals surface area contributed by atoms with E-state index in [1.54, 1.807) is 0 Å². The molecule has 0 bridgehead atoms. The first-order chi connectivity index (χ1) is 11.4. The average molecular weight is 639 g/mol. The van der Waals surface area contributed by atoms with E-state index in [0.717, 1.165) is 6.20 Å². The van der Waals surface area contributed by atoms with Crippen LogP contribution in [0, 0.1) is 6.07 Å². The number of phosphoric acid groups is 2. The van der Waals surface area contributed by atoms with E-state index in [0.29, 0.717) is 4.57 Å². The monoisotopic (exact) mass is 640 g/mol. The second kappa shape index (κ2) is 10.2. The first kappa shape index (κ1) is 27.0. The molecule has 2 radical (unpaired) electrons. The predicted octanol–water partition coefficient (Wildman–Crippen LogP) is -2.62. The summed E-state index contributed by atoms with van der Waals surface area (Å²) in [5, 5.41) is 30.6. The third kappa shape index (κ3) is 7.42. The standard InChI is InChI=1S/C9H13N2O12P2.ClH.Hg/c12-5-1-2-11(9(15)10-5)8-7(14)6(13)4(22-8)3-21-25(19,20)23-24(16,17)18;;/h2,4,6-8,13-14H,3H2,(H,19,20)(H,10,12,15)(H2,16,17,18);1H;/q;;+1/p-1/t4-,6-,7-,8-;;/m1../s1. The maximum absolute atomic E-state index is 11.6. The summed E-state index contributed by atoms with van der Waals surface area (Å²) in [7, 11) is -10.5. The van der Waals surface area contributed by atoms with Crippen LogP contribution in [0.4, 0.5) is 0 Å². The van der Waals surface area contributed by atoms with E-state index in [2.05, 4.69) is 19.9 Å². The maximum atomic E-state index is 11.6. The SMILES string of the molecule is Cl.O=c1nc([O-])[c]cn1[C@@H]1O[C@H](COP(=O)(O)OP(=O)(O)O)[C@@H](O)[C@H]1O.[Hg+]. The molecule has 2 rings (SSSR count). The predicted molar refractivity (Wildman–Crippen MR) is 78.9 cm³/mol. The molecule has 5 N–H and O–H groups in total. The third-order valence-corrected chi connectivity index (χ3v) is 5.12. The van der Waals surface area contributed by atoms with Crippen LogP contribution in [0.2, 0.25) is 0 Å². The second-order valence-corrected chi connectivity index (χ2v) is 7.59. The molecule has 5 atom stereocenters. The van der Waals surface area contributed by atoms with Gasteiger partial charge in [0.2, 0.25) is 0 Å². The molecule has 1 aromatic heterocycles. The van der Waals surface area contributed by atoms with Crippen molar-refractivity contribution >= 4 is 28.1 Å². The van der Waals surface area contributed by atoms with Crippen molar-refractivity contribution in [3.8, 4) is 5.88 Å². The molecule has 1 aliphatic heterocycles. The molecule has 1 saturated heterocycles. The number of rotatable bonds is 6. The molecule has 27 heavy (non-hydrogen) atoms. The van der Waals surface area contributed by atoms with Gasteiger partial charge < -0.3 is 34.7 Å². The van der Waals surface area contributed by atoms with E-state index in [1.807, 2.05) is 0 Å². The maximum Gasteiger partial charge on any atom is 1.00 e. The molecule has 150 valence electrons. The number of aliphatic hydroxyl groups excluding tert-OH is 2. The van der Waals surface area contributed by atoms with Crippen LogP contribution in [0.25, 0.3) is 0 Å². The Labute approximate surface area is 177 Å². The van der Waals surface area contributed by atoms with Crippen LogP contribution in [0.1, 0.15) is 6.23 Å². The minimum atomic E-state index is -5.33. The van der Waals surface area contributed by atoms with Crippen molar-refractivity contribution < 1.29 is 80.4 Å². The van der Waals surface area contributed by atoms with Gasteiger partial charge in [0.1, 0.15) is 18.3 Å². The Morgan fingerprint density at radius 1 is 1.30 bits per heavy atom. The Bertz CT molecular complexity index is 788. The smallest absolute Gasteiger partial charge is 0.858 e. The van der Waals surface area contributed by atoms with Crippen molar-refractivity contribution in [3.05, 3.63) is 22.7 Å². The zero-order chi connectivity index (χ0) is 19.0. The summed E-state index contributed by atoms with van der Waals surface area (Å²) in [5.41, 5.74) is -1.10. The van der Waals surface area contributed by atoms with E-state index < -0.39 is 58.4 Å². The fourth-order valence-electron chi connectivity index (χ4n) is 1.96. The van der Waals surface area contributed by atoms with E-state index in [9.17, 15) is 29.2 Å². The van der Waals surface area contributed by atoms with Crippen LogP contribution in [0.3, 0.4) is 0 Å². The van der Waals surface area contributed by atoms with Crippen molar-refractivity contribution in [2.45, 2.75) is 24.5 Å². The Kier molecular flexibility index (Phi) is 10.2. The van der Waals surface area contributed by atoms with Crippen LogP contribution in [-0.2, 0) is 50.4 Å². The van der Waals surface area contributed by atoms with Crippen LogP contribution in [0.5, 0.6) is 5.88 Å². The zero-order valence-corrected chi connectivity index (χ0v) is 21.2. The van der Waals surface area contributed by atoms with Crippen molar-refractivity contribution in [1.82, 2.24) is 9.55 Å². The number of aliphatic hydroxyl groups is 2. The minimum absolute atomic E-state index is 0. The number of phosphoric ester groups is 1. The Hall–Kier alpha value is 0.0451. The van der Waals surface area contributed by atoms with Crippen LogP contribution < -0.4 is 10.8 Å². The topological polar surface area (TPSA) is 221 Å². The van der Waals surface area contributed by atoms with Crippen molar-refractivity contribution in [1.29, 1.82) is 0 Å². The van der Waals surface area contributed by atoms with Gasteiger partial charge in [0.05, 0.1) is 6.61 Å². The Morgan fingerprint density at radius 3 is 2.41 bits per heavy atom. The number of halogens is 1. The molecule has 14 nitrogen and oxygen atoms in total. The summed E-state index contributed by atoms with van der Waals surface area (Å²) in [6.07, 6.45) is -5.56. The molecular weight excluding hydrogens is 626 g/mol. The van der Waals surface area contributed by atoms with E-state index >= 15 is 0 Å². The minimum Gasteiger partial charge on any atom is -0.858 e. The molecule has 1 fully saturated rings. The molecule has 0 amide bonds. The number of aromatic nitrogens is 2. The van der Waals surface area contributed by atoms with E-state index in [4.69, 9.17) is 19.4 Å². The summed E-state index contributed by atoms with van der Waals surface area (Å²) in [6, 6.07) is 2.05. The number of hydrogen-bond acceptors (Lipinski definition) is 10. The van der Waals surface area contributed by atoms with Gasteiger partial charge in [-0.3, -0.25) is 9.09 Å². The molecule has 1 aromatic rings. The first-order valence-electron chi connectivity index (χ1n) is 6.33. The third-order valence-electron chi connectivity index (χ3n) is 2.97. The normalized spacial score (nSPS) is 27.3. The summed E-state index contributed by atoms with van der Waals surface area (Å²) in [4.78, 5) is 40.7. The number of ether oxygens (including phenoxy) is 1. The van der Waals surface area contributed by atoms with Gasteiger partial charge in [0.15, 0.2) is 6.23 Å². The van der Waals surface area contributed by atoms with E-state index in [1.165, 1.54) is 0 Å². The van der Waals surface area contributed by atoms with Gasteiger partial charge in [-0.2, -0.15) is 4.31 Å². The molecule has 0 aliphatic carbocycles. The first-order valence-corrected chi connectivity index (χ1v) is 9.36. The van der Waals surface area contributed by atoms with Gasteiger partial charge in [-0.15, -0.1) is 12.4 Å². The molecule has 2 heterocycles. The fraction of sp³-hybridized carbons (Fsp3) is 0.556. The molecule has 1 unspecified atom stereocenters. The van der Waals surface area contributed by atoms with Crippen molar-refractivity contribution in [2.75, 3.05) is 6.61 Å². The molecule has 18 heteroatoms. The Morgan fingerprint density at radius 2 is 1.89 bits per heavy atom. The van der Waals surface area contributed by atoms with E-state index in [-0.39, 0.29) is 40.1 Å². The quantitative estimate of drug-likeness (QED) is 0.159. The molecule has 1 aliphatic rings. The van der Waals surface area contributed by atoms with Crippen LogP contribution in [0.15, 0.2) is 11.0 Å². The second-order valence-electron chi connectivity index (χ2n) is 4.76. The number of nitrogens with zero attached hydrogens (tertiary/aromatic N) is 2. The van der Waals surface area contributed by atoms with Gasteiger partial charge in [-0.25, -0.2) is 18.9 Å².